The second-order valence-corrected chi connectivity index (χ2v) is 8.24. The summed E-state index contributed by atoms with van der Waals surface area (Å²) < 4.78 is 0. The van der Waals surface area contributed by atoms with Gasteiger partial charge in [0.2, 0.25) is 0 Å². The highest BCUT2D eigenvalue weighted by molar-refractivity contribution is 6.11. The van der Waals surface area contributed by atoms with E-state index < -0.39 is 0 Å². The molecule has 5 aromatic rings. The molecule has 5 aromatic carbocycles. The first-order valence-electron chi connectivity index (χ1n) is 9.63. The molecule has 0 aliphatic heterocycles. The molecule has 0 heterocycles. The molecule has 0 aromatic heterocycles. The maximum atomic E-state index is 2.40. The number of benzene rings is 5. The number of rotatable bonds is 0. The molecule has 0 fully saturated rings. The van der Waals surface area contributed by atoms with Crippen molar-refractivity contribution >= 4 is 32.3 Å². The van der Waals surface area contributed by atoms with E-state index >= 15 is 0 Å². The van der Waals surface area contributed by atoms with Gasteiger partial charge in [-0.25, -0.2) is 0 Å². The van der Waals surface area contributed by atoms with Gasteiger partial charge in [-0.3, -0.25) is 0 Å². The van der Waals surface area contributed by atoms with E-state index in [9.17, 15) is 0 Å². The Morgan fingerprint density at radius 1 is 0.519 bits per heavy atom. The molecule has 1 aliphatic rings. The monoisotopic (exact) mass is 344 g/mol. The summed E-state index contributed by atoms with van der Waals surface area (Å²) in [5.41, 5.74) is 5.69. The fourth-order valence-corrected chi connectivity index (χ4v) is 5.10. The summed E-state index contributed by atoms with van der Waals surface area (Å²) >= 11 is 0. The molecule has 0 bridgehead atoms. The maximum absolute atomic E-state index is 2.40. The van der Waals surface area contributed by atoms with Gasteiger partial charge in [0.1, 0.15) is 0 Å². The first-order chi connectivity index (χ1) is 13.1. The largest absolute Gasteiger partial charge is 0.0616 e. The highest BCUT2D eigenvalue weighted by Crippen LogP contribution is 2.52. The second-order valence-electron chi connectivity index (χ2n) is 8.24. The van der Waals surface area contributed by atoms with Gasteiger partial charge in [-0.15, -0.1) is 0 Å². The molecule has 27 heavy (non-hydrogen) atoms. The van der Waals surface area contributed by atoms with Gasteiger partial charge in [0.05, 0.1) is 0 Å². The Kier molecular flexibility index (Phi) is 2.77. The molecule has 0 atom stereocenters. The van der Waals surface area contributed by atoms with Gasteiger partial charge in [-0.05, 0) is 66.7 Å². The van der Waals surface area contributed by atoms with E-state index in [1.54, 1.807) is 0 Å². The van der Waals surface area contributed by atoms with Crippen LogP contribution in [0, 0.1) is 0 Å². The normalized spacial score (nSPS) is 14.6. The molecule has 0 saturated heterocycles. The lowest BCUT2D eigenvalue weighted by Gasteiger charge is -2.23. The minimum Gasteiger partial charge on any atom is -0.0616 e. The summed E-state index contributed by atoms with van der Waals surface area (Å²) in [5.74, 6) is 0. The highest BCUT2D eigenvalue weighted by atomic mass is 14.4. The number of fused-ring (bicyclic) bond motifs is 8. The Balaban J connectivity index is 1.76. The van der Waals surface area contributed by atoms with E-state index in [0.717, 1.165) is 0 Å². The Bertz CT molecular complexity index is 1390. The molecule has 0 nitrogen and oxygen atoms in total. The van der Waals surface area contributed by atoms with Gasteiger partial charge in [0.15, 0.2) is 0 Å². The van der Waals surface area contributed by atoms with Crippen LogP contribution in [0.25, 0.3) is 43.4 Å². The van der Waals surface area contributed by atoms with Crippen molar-refractivity contribution in [3.8, 4) is 11.1 Å². The van der Waals surface area contributed by atoms with Crippen molar-refractivity contribution in [2.45, 2.75) is 19.3 Å². The Morgan fingerprint density at radius 3 is 2.00 bits per heavy atom. The summed E-state index contributed by atoms with van der Waals surface area (Å²) in [6.45, 7) is 4.75. The predicted octanol–water partition coefficient (Wildman–Crippen LogP) is 7.45. The highest BCUT2D eigenvalue weighted by Gasteiger charge is 2.37. The fraction of sp³-hybridized carbons (Fsp3) is 0.111. The van der Waals surface area contributed by atoms with Crippen LogP contribution in [-0.2, 0) is 5.41 Å². The minimum absolute atomic E-state index is 0.00331. The smallest absolute Gasteiger partial charge is 0.0165 e. The summed E-state index contributed by atoms with van der Waals surface area (Å²) in [6, 6.07) is 31.4. The first-order valence-corrected chi connectivity index (χ1v) is 9.63. The quantitative estimate of drug-likeness (QED) is 0.256. The van der Waals surface area contributed by atoms with E-state index in [1.165, 1.54) is 54.6 Å². The molecule has 0 radical (unpaired) electrons. The zero-order chi connectivity index (χ0) is 18.2. The van der Waals surface area contributed by atoms with E-state index in [0.29, 0.717) is 0 Å². The van der Waals surface area contributed by atoms with Crippen LogP contribution in [0.3, 0.4) is 0 Å². The standard InChI is InChI=1S/C27H20/c1-27(2)25-16-19-9-4-3-8-18(19)15-24(25)23-14-13-21-20-10-6-5-7-17(20)11-12-22(21)26(23)27/h3-16H,1-2H3. The van der Waals surface area contributed by atoms with Crippen molar-refractivity contribution < 1.29 is 0 Å². The topological polar surface area (TPSA) is 0 Å². The van der Waals surface area contributed by atoms with Crippen molar-refractivity contribution in [3.05, 3.63) is 96.1 Å². The van der Waals surface area contributed by atoms with Crippen molar-refractivity contribution in [1.29, 1.82) is 0 Å². The third-order valence-electron chi connectivity index (χ3n) is 6.40. The van der Waals surface area contributed by atoms with Crippen LogP contribution in [0.4, 0.5) is 0 Å². The van der Waals surface area contributed by atoms with Crippen molar-refractivity contribution in [1.82, 2.24) is 0 Å². The van der Waals surface area contributed by atoms with Crippen LogP contribution in [0.15, 0.2) is 84.9 Å². The lowest BCUT2D eigenvalue weighted by atomic mass is 9.79. The van der Waals surface area contributed by atoms with E-state index in [4.69, 9.17) is 0 Å². The third kappa shape index (κ3) is 1.88. The minimum atomic E-state index is -0.00331. The van der Waals surface area contributed by atoms with Gasteiger partial charge >= 0.3 is 0 Å². The Hall–Kier alpha value is -3.12. The van der Waals surface area contributed by atoms with Gasteiger partial charge in [-0.2, -0.15) is 0 Å². The zero-order valence-electron chi connectivity index (χ0n) is 15.6. The Morgan fingerprint density at radius 2 is 1.19 bits per heavy atom. The maximum Gasteiger partial charge on any atom is 0.0165 e. The lowest BCUT2D eigenvalue weighted by Crippen LogP contribution is -2.15. The molecule has 1 aliphatic carbocycles. The van der Waals surface area contributed by atoms with Crippen molar-refractivity contribution in [2.24, 2.45) is 0 Å². The number of hydrogen-bond donors (Lipinski definition) is 0. The summed E-state index contributed by atoms with van der Waals surface area (Å²) in [7, 11) is 0. The van der Waals surface area contributed by atoms with E-state index in [2.05, 4.69) is 98.8 Å². The van der Waals surface area contributed by atoms with Crippen LogP contribution >= 0.6 is 0 Å². The molecule has 0 heteroatoms. The van der Waals surface area contributed by atoms with Crippen LogP contribution in [0.5, 0.6) is 0 Å². The molecule has 0 spiro atoms. The van der Waals surface area contributed by atoms with Crippen LogP contribution in [0.1, 0.15) is 25.0 Å². The predicted molar refractivity (Wildman–Crippen MR) is 117 cm³/mol. The molecular weight excluding hydrogens is 324 g/mol. The third-order valence-corrected chi connectivity index (χ3v) is 6.40. The SMILES string of the molecule is CC1(C)c2cc3ccccc3cc2-c2ccc3c(ccc4ccccc43)c21. The molecular formula is C27H20. The summed E-state index contributed by atoms with van der Waals surface area (Å²) in [5, 5.41) is 8.04. The van der Waals surface area contributed by atoms with Crippen molar-refractivity contribution in [2.75, 3.05) is 0 Å². The van der Waals surface area contributed by atoms with Gasteiger partial charge in [-0.1, -0.05) is 86.6 Å². The van der Waals surface area contributed by atoms with Gasteiger partial charge in [0.25, 0.3) is 0 Å². The second kappa shape index (κ2) is 4.98. The van der Waals surface area contributed by atoms with E-state index in [-0.39, 0.29) is 5.41 Å². The van der Waals surface area contributed by atoms with Crippen LogP contribution in [-0.4, -0.2) is 0 Å². The molecule has 0 unspecified atom stereocenters. The molecule has 0 saturated carbocycles. The molecule has 128 valence electrons. The fourth-order valence-electron chi connectivity index (χ4n) is 5.10. The van der Waals surface area contributed by atoms with Gasteiger partial charge < -0.3 is 0 Å². The summed E-state index contributed by atoms with van der Waals surface area (Å²) in [6.07, 6.45) is 0. The van der Waals surface area contributed by atoms with Gasteiger partial charge in [0, 0.05) is 5.41 Å². The summed E-state index contributed by atoms with van der Waals surface area (Å²) in [4.78, 5) is 0. The van der Waals surface area contributed by atoms with Crippen LogP contribution < -0.4 is 0 Å². The van der Waals surface area contributed by atoms with E-state index in [1.807, 2.05) is 0 Å². The number of hydrogen-bond acceptors (Lipinski definition) is 0. The Labute approximate surface area is 159 Å². The van der Waals surface area contributed by atoms with Crippen LogP contribution in [0.2, 0.25) is 0 Å². The average Bonchev–Trinajstić information content (AvgIpc) is 2.93. The van der Waals surface area contributed by atoms with Crippen molar-refractivity contribution in [3.63, 3.8) is 0 Å². The average molecular weight is 344 g/mol. The zero-order valence-corrected chi connectivity index (χ0v) is 15.6. The first kappa shape index (κ1) is 15.0. The lowest BCUT2D eigenvalue weighted by molar-refractivity contribution is 0.667. The molecule has 6 rings (SSSR count). The molecule has 0 amide bonds. The molecule has 0 N–H and O–H groups in total.